The van der Waals surface area contributed by atoms with Gasteiger partial charge in [-0.05, 0) is 50.8 Å². The van der Waals surface area contributed by atoms with Crippen LogP contribution in [-0.4, -0.2) is 144 Å². The number of hydrogen-bond acceptors (Lipinski definition) is 17. The molecule has 5 aliphatic rings. The van der Waals surface area contributed by atoms with Gasteiger partial charge in [-0.3, -0.25) is 15.0 Å². The number of nitrogens with two attached hydrogens (primary N) is 1. The number of aliphatic imine (C=N–C) groups is 1. The molecule has 69 heavy (non-hydrogen) atoms. The molecule has 0 radical (unpaired) electrons. The molecule has 2 aromatic carbocycles. The molecule has 3 saturated heterocycles. The number of rotatable bonds is 6. The molecule has 2 bridgehead atoms. The van der Waals surface area contributed by atoms with E-state index in [-0.39, 0.29) is 31.3 Å². The second-order valence-electron chi connectivity index (χ2n) is 17.7. The minimum absolute atomic E-state index is 0.0769. The Morgan fingerprint density at radius 2 is 1.55 bits per heavy atom. The summed E-state index contributed by atoms with van der Waals surface area (Å²) in [6, 6.07) is 18.2. The lowest BCUT2D eigenvalue weighted by molar-refractivity contribution is -0.308. The van der Waals surface area contributed by atoms with E-state index in [1.54, 1.807) is 56.4 Å². The van der Waals surface area contributed by atoms with Crippen LogP contribution in [0, 0.1) is 5.92 Å². The van der Waals surface area contributed by atoms with E-state index in [4.69, 9.17) is 29.4 Å². The van der Waals surface area contributed by atoms with Crippen molar-refractivity contribution >= 4 is 40.5 Å². The number of amidine groups is 1. The first-order valence-electron chi connectivity index (χ1n) is 22.9. The number of hydrazine groups is 1. The van der Waals surface area contributed by atoms with E-state index in [0.717, 1.165) is 11.3 Å². The monoisotopic (exact) mass is 976 g/mol. The summed E-state index contributed by atoms with van der Waals surface area (Å²) in [7, 11) is 0. The smallest absolute Gasteiger partial charge is 0.330 e. The number of allylic oxidation sites excluding steroid dienone is 6. The fraction of sp³-hybridized carbons (Fsp3) is 0.480. The van der Waals surface area contributed by atoms with Gasteiger partial charge in [-0.2, -0.15) is 5.01 Å². The minimum Gasteiger partial charge on any atom is -0.481 e. The second-order valence-corrected chi connectivity index (χ2v) is 18.5. The number of epoxide rings is 1. The SMILES string of the molecule is CSC1=N[C@@](C)(c2ccccc2)C(=O)N1Nc1ccccc1.C[C@@H]1C/C=C/C=C/C=C/C=C/[C@H](O[C@@H]2O[C@H](C)[C@@H](O)[C@H](N)[C@@H]2O)C[C@@H]2O[C@](O)(C[C@@H](O)C[C@H]3O[C@@H]3/C=C/C(=O)O1)C[C@H](O)[C@H]2C(=O)O. The molecule has 5 heterocycles. The minimum atomic E-state index is -2.10. The fourth-order valence-electron chi connectivity index (χ4n) is 8.43. The molecule has 0 aliphatic carbocycles. The Labute approximate surface area is 405 Å². The molecule has 5 aliphatic heterocycles. The van der Waals surface area contributed by atoms with Crippen molar-refractivity contribution in [2.24, 2.45) is 16.6 Å². The predicted octanol–water partition coefficient (Wildman–Crippen LogP) is 3.61. The highest BCUT2D eigenvalue weighted by Crippen LogP contribution is 2.40. The van der Waals surface area contributed by atoms with Gasteiger partial charge in [0.1, 0.15) is 24.2 Å². The van der Waals surface area contributed by atoms with Gasteiger partial charge in [-0.15, -0.1) is 0 Å². The molecule has 1 amide bonds. The van der Waals surface area contributed by atoms with Crippen molar-refractivity contribution in [3.05, 3.63) is 127 Å². The molecule has 374 valence electrons. The van der Waals surface area contributed by atoms with Crippen LogP contribution >= 0.6 is 11.8 Å². The largest absolute Gasteiger partial charge is 0.481 e. The molecule has 3 fully saturated rings. The van der Waals surface area contributed by atoms with E-state index in [2.05, 4.69) is 10.4 Å². The van der Waals surface area contributed by atoms with E-state index in [1.165, 1.54) is 28.9 Å². The molecule has 9 N–H and O–H groups in total. The Hall–Kier alpha value is -5.03. The molecule has 15 atom stereocenters. The summed E-state index contributed by atoms with van der Waals surface area (Å²) in [4.78, 5) is 42.0. The summed E-state index contributed by atoms with van der Waals surface area (Å²) in [5.41, 5.74) is 9.99. The first kappa shape index (κ1) is 53.3. The third-order valence-corrected chi connectivity index (χ3v) is 12.9. The van der Waals surface area contributed by atoms with Gasteiger partial charge in [0.25, 0.3) is 5.91 Å². The number of benzene rings is 2. The Balaban J connectivity index is 0.000000294. The van der Waals surface area contributed by atoms with Gasteiger partial charge >= 0.3 is 11.9 Å². The molecule has 2 aromatic rings. The van der Waals surface area contributed by atoms with Gasteiger partial charge in [-0.25, -0.2) is 9.79 Å². The number of esters is 1. The highest BCUT2D eigenvalue weighted by molar-refractivity contribution is 8.13. The lowest BCUT2D eigenvalue weighted by Gasteiger charge is -2.45. The number of carboxylic acids is 1. The number of fused-ring (bicyclic) bond motifs is 3. The normalized spacial score (nSPS) is 38.8. The van der Waals surface area contributed by atoms with Crippen LogP contribution in [0.15, 0.2) is 126 Å². The number of aliphatic hydroxyl groups excluding tert-OH is 4. The summed E-state index contributed by atoms with van der Waals surface area (Å²) in [6.45, 7) is 5.19. The summed E-state index contributed by atoms with van der Waals surface area (Å²) in [5.74, 6) is -5.52. The molecule has 0 saturated carbocycles. The van der Waals surface area contributed by atoms with Crippen molar-refractivity contribution in [1.29, 1.82) is 0 Å². The molecule has 7 rings (SSSR count). The number of carbonyl (C=O) groups is 3. The first-order chi connectivity index (χ1) is 32.9. The number of aliphatic carboxylic acids is 1. The summed E-state index contributed by atoms with van der Waals surface area (Å²) >= 11 is 1.45. The number of amides is 1. The average Bonchev–Trinajstić information content (AvgIpc) is 4.00. The van der Waals surface area contributed by atoms with Crippen LogP contribution in [0.1, 0.15) is 58.4 Å². The van der Waals surface area contributed by atoms with Crippen LogP contribution in [0.25, 0.3) is 0 Å². The van der Waals surface area contributed by atoms with E-state index in [9.17, 15) is 45.0 Å². The van der Waals surface area contributed by atoms with Crippen molar-refractivity contribution in [2.45, 2.75) is 138 Å². The summed E-state index contributed by atoms with van der Waals surface area (Å²) in [5, 5.41) is 66.1. The van der Waals surface area contributed by atoms with Crippen molar-refractivity contribution in [3.8, 4) is 0 Å². The average molecular weight is 977 g/mol. The van der Waals surface area contributed by atoms with Crippen LogP contribution in [0.5, 0.6) is 0 Å². The van der Waals surface area contributed by atoms with E-state index < -0.39 is 103 Å². The highest BCUT2D eigenvalue weighted by atomic mass is 32.2. The quantitative estimate of drug-likeness (QED) is 0.152. The number of anilines is 1. The number of carboxylic acid groups (broad SMARTS) is 1. The zero-order valence-corrected chi connectivity index (χ0v) is 39.7. The topological polar surface area (TPSA) is 276 Å². The maximum Gasteiger partial charge on any atom is 0.330 e. The first-order valence-corrected chi connectivity index (χ1v) is 24.1. The lowest BCUT2D eigenvalue weighted by Crippen LogP contribution is -2.61. The third kappa shape index (κ3) is 14.3. The molecular weight excluding hydrogens is 913 g/mol. The van der Waals surface area contributed by atoms with Crippen molar-refractivity contribution < 1.29 is 68.7 Å². The summed E-state index contributed by atoms with van der Waals surface area (Å²) < 4.78 is 28.5. The van der Waals surface area contributed by atoms with Gasteiger partial charge in [0.2, 0.25) is 0 Å². The van der Waals surface area contributed by atoms with Gasteiger partial charge in [-0.1, -0.05) is 109 Å². The zero-order valence-electron chi connectivity index (χ0n) is 38.9. The van der Waals surface area contributed by atoms with Crippen LogP contribution < -0.4 is 11.2 Å². The number of carbonyl (C=O) groups excluding carboxylic acids is 2. The van der Waals surface area contributed by atoms with E-state index in [1.807, 2.05) is 79.9 Å². The maximum absolute atomic E-state index is 12.9. The van der Waals surface area contributed by atoms with Gasteiger partial charge < -0.3 is 60.1 Å². The lowest BCUT2D eigenvalue weighted by atomic mass is 9.83. The Bertz CT molecular complexity index is 2230. The maximum atomic E-state index is 12.9. The number of ether oxygens (including phenoxy) is 5. The number of thioether (sulfide) groups is 1. The van der Waals surface area contributed by atoms with Crippen LogP contribution in [0.3, 0.4) is 0 Å². The highest BCUT2D eigenvalue weighted by Gasteiger charge is 2.52. The van der Waals surface area contributed by atoms with E-state index in [0.29, 0.717) is 11.6 Å². The van der Waals surface area contributed by atoms with Gasteiger partial charge in [0, 0.05) is 38.2 Å². The van der Waals surface area contributed by atoms with Crippen LogP contribution in [0.2, 0.25) is 0 Å². The number of nitrogens with zero attached hydrogens (tertiary/aromatic N) is 2. The molecule has 0 unspecified atom stereocenters. The van der Waals surface area contributed by atoms with Crippen molar-refractivity contribution in [3.63, 3.8) is 0 Å². The Kier molecular flexibility index (Phi) is 18.7. The van der Waals surface area contributed by atoms with Crippen molar-refractivity contribution in [2.75, 3.05) is 11.7 Å². The van der Waals surface area contributed by atoms with Gasteiger partial charge in [0.05, 0.1) is 54.5 Å². The molecule has 18 nitrogen and oxygen atoms in total. The molecule has 19 heteroatoms. The zero-order chi connectivity index (χ0) is 49.9. The van der Waals surface area contributed by atoms with Crippen molar-refractivity contribution in [1.82, 2.24) is 5.01 Å². The standard InChI is InChI=1S/C33H47NO13.C17H17N3OS/c1-18-10-8-6-4-3-5-7-9-11-21(45-32-30(39)28(34)29(38)19(2)44-32)15-25-27(31(40)41)22(36)17-33(42,47-25)16-20(35)14-24-23(46-24)12-13-26(37)43-18;1-17(13-9-5-3-6-10-13)15(21)20(16(18-17)22-2)19-14-11-7-4-8-12-14/h3-9,11-13,18-25,27-30,32,35-36,38-39,42H,10,14-17,34H2,1-2H3,(H,40,41);3-12,19H,1-2H3/b4-3+,7-5+,8-6+,11-9+,13-12+;/t18-,19-,20+,21+,22+,23-,24-,25+,27-,28+,29-,30+,32+,33-;17-/m10/s1. The third-order valence-electron chi connectivity index (χ3n) is 12.2. The molecule has 0 aromatic heterocycles. The van der Waals surface area contributed by atoms with Crippen LogP contribution in [-0.2, 0) is 43.6 Å². The Morgan fingerprint density at radius 1 is 0.884 bits per heavy atom. The number of hydrogen-bond donors (Lipinski definition) is 8. The summed E-state index contributed by atoms with van der Waals surface area (Å²) in [6.07, 6.45) is 7.17. The molecular formula is C50H64N4O14S. The number of para-hydroxylation sites is 1. The van der Waals surface area contributed by atoms with Crippen LogP contribution in [0.4, 0.5) is 5.69 Å². The number of aliphatic hydroxyl groups is 5. The number of nitrogens with one attached hydrogen (secondary N) is 1. The van der Waals surface area contributed by atoms with E-state index >= 15 is 0 Å². The number of cyclic esters (lactones) is 1. The second kappa shape index (κ2) is 24.2. The van der Waals surface area contributed by atoms with Gasteiger partial charge in [0.15, 0.2) is 22.8 Å². The predicted molar refractivity (Wildman–Crippen MR) is 257 cm³/mol. The molecule has 0 spiro atoms. The Morgan fingerprint density at radius 3 is 2.23 bits per heavy atom. The fourth-order valence-corrected chi connectivity index (χ4v) is 9.01.